The minimum absolute atomic E-state index is 0.135. The van der Waals surface area contributed by atoms with Gasteiger partial charge in [-0.05, 0) is 36.2 Å². The van der Waals surface area contributed by atoms with Gasteiger partial charge in [0.1, 0.15) is 25.5 Å². The molecule has 0 saturated heterocycles. The molecule has 1 N–H and O–H groups in total. The minimum Gasteiger partial charge on any atom is -0.490 e. The van der Waals surface area contributed by atoms with Crippen LogP contribution in [0, 0.1) is 0 Å². The van der Waals surface area contributed by atoms with Gasteiger partial charge in [-0.2, -0.15) is 0 Å². The molecule has 24 heavy (non-hydrogen) atoms. The van der Waals surface area contributed by atoms with Gasteiger partial charge >= 0.3 is 5.97 Å². The van der Waals surface area contributed by atoms with E-state index in [0.717, 1.165) is 12.2 Å². The summed E-state index contributed by atoms with van der Waals surface area (Å²) in [5, 5.41) is 2.52. The van der Waals surface area contributed by atoms with Crippen LogP contribution in [-0.4, -0.2) is 31.6 Å². The Balaban J connectivity index is 1.63. The van der Waals surface area contributed by atoms with Crippen LogP contribution in [0.1, 0.15) is 22.8 Å². The fourth-order valence-corrected chi connectivity index (χ4v) is 2.07. The van der Waals surface area contributed by atoms with E-state index in [9.17, 15) is 9.59 Å². The third-order valence-electron chi connectivity index (χ3n) is 3.35. The molecule has 2 aromatic carbocycles. The van der Waals surface area contributed by atoms with Crippen molar-refractivity contribution in [1.82, 2.24) is 5.32 Å². The summed E-state index contributed by atoms with van der Waals surface area (Å²) in [6.07, 6.45) is 0.938. The Hall–Kier alpha value is -2.82. The van der Waals surface area contributed by atoms with Crippen molar-refractivity contribution in [1.29, 1.82) is 0 Å². The molecule has 0 aliphatic carbocycles. The lowest BCUT2D eigenvalue weighted by atomic mass is 10.2. The first-order chi connectivity index (χ1) is 11.7. The molecule has 0 radical (unpaired) electrons. The highest BCUT2D eigenvalue weighted by Gasteiger charge is 2.08. The van der Waals surface area contributed by atoms with Gasteiger partial charge in [0.15, 0.2) is 0 Å². The van der Waals surface area contributed by atoms with Crippen LogP contribution >= 0.6 is 0 Å². The Morgan fingerprint density at radius 3 is 2.54 bits per heavy atom. The van der Waals surface area contributed by atoms with Crippen molar-refractivity contribution in [3.63, 3.8) is 0 Å². The van der Waals surface area contributed by atoms with Gasteiger partial charge in [-0.15, -0.1) is 0 Å². The van der Waals surface area contributed by atoms with Crippen LogP contribution in [-0.2, 0) is 16.0 Å². The topological polar surface area (TPSA) is 64.6 Å². The summed E-state index contributed by atoms with van der Waals surface area (Å²) in [6.45, 7) is 2.31. The molecule has 0 atom stereocenters. The van der Waals surface area contributed by atoms with Gasteiger partial charge in [0.05, 0.1) is 0 Å². The molecular formula is C19H21NO4. The standard InChI is InChI=1S/C19H21NO4/c1-2-15-7-6-10-17(13-15)23-11-12-24-18(21)14-20-19(22)16-8-4-3-5-9-16/h3-10,13H,2,11-12,14H2,1H3,(H,20,22). The maximum atomic E-state index is 11.8. The quantitative estimate of drug-likeness (QED) is 0.598. The van der Waals surface area contributed by atoms with E-state index in [2.05, 4.69) is 12.2 Å². The summed E-state index contributed by atoms with van der Waals surface area (Å²) in [5.41, 5.74) is 1.69. The first-order valence-electron chi connectivity index (χ1n) is 7.89. The maximum Gasteiger partial charge on any atom is 0.325 e. The SMILES string of the molecule is CCc1cccc(OCCOC(=O)CNC(=O)c2ccccc2)c1. The lowest BCUT2D eigenvalue weighted by Gasteiger charge is -2.09. The predicted octanol–water partition coefficient (Wildman–Crippen LogP) is 2.60. The number of nitrogens with one attached hydrogen (secondary N) is 1. The molecule has 0 spiro atoms. The van der Waals surface area contributed by atoms with Crippen molar-refractivity contribution in [2.45, 2.75) is 13.3 Å². The van der Waals surface area contributed by atoms with Gasteiger partial charge in [0.25, 0.3) is 5.91 Å². The highest BCUT2D eigenvalue weighted by Crippen LogP contribution is 2.13. The van der Waals surface area contributed by atoms with Crippen molar-refractivity contribution in [3.05, 3.63) is 65.7 Å². The van der Waals surface area contributed by atoms with Gasteiger partial charge in [0, 0.05) is 5.56 Å². The van der Waals surface area contributed by atoms with Crippen molar-refractivity contribution in [2.24, 2.45) is 0 Å². The van der Waals surface area contributed by atoms with E-state index >= 15 is 0 Å². The van der Waals surface area contributed by atoms with Crippen LogP contribution in [0.15, 0.2) is 54.6 Å². The third kappa shape index (κ3) is 5.76. The molecule has 1 amide bonds. The monoisotopic (exact) mass is 327 g/mol. The number of esters is 1. The lowest BCUT2D eigenvalue weighted by molar-refractivity contribution is -0.143. The second-order valence-electron chi connectivity index (χ2n) is 5.12. The molecule has 0 heterocycles. The van der Waals surface area contributed by atoms with Gasteiger partial charge in [0.2, 0.25) is 0 Å². The summed E-state index contributed by atoms with van der Waals surface area (Å²) in [5.74, 6) is -0.0480. The van der Waals surface area contributed by atoms with E-state index in [4.69, 9.17) is 9.47 Å². The van der Waals surface area contributed by atoms with Crippen LogP contribution in [0.5, 0.6) is 5.75 Å². The Labute approximate surface area is 141 Å². The summed E-state index contributed by atoms with van der Waals surface area (Å²) < 4.78 is 10.6. The minimum atomic E-state index is -0.495. The first-order valence-corrected chi connectivity index (χ1v) is 7.89. The number of rotatable bonds is 8. The van der Waals surface area contributed by atoms with Crippen molar-refractivity contribution >= 4 is 11.9 Å². The summed E-state index contributed by atoms with van der Waals surface area (Å²) in [4.78, 5) is 23.4. The zero-order valence-corrected chi connectivity index (χ0v) is 13.7. The number of amides is 1. The predicted molar refractivity (Wildman–Crippen MR) is 91.0 cm³/mol. The van der Waals surface area contributed by atoms with Gasteiger partial charge in [-0.3, -0.25) is 9.59 Å². The van der Waals surface area contributed by atoms with Crippen molar-refractivity contribution < 1.29 is 19.1 Å². The largest absolute Gasteiger partial charge is 0.490 e. The molecule has 0 aromatic heterocycles. The maximum absolute atomic E-state index is 11.8. The van der Waals surface area contributed by atoms with E-state index in [0.29, 0.717) is 5.56 Å². The van der Waals surface area contributed by atoms with E-state index in [1.54, 1.807) is 24.3 Å². The van der Waals surface area contributed by atoms with Gasteiger partial charge < -0.3 is 14.8 Å². The molecule has 0 bridgehead atoms. The number of hydrogen-bond donors (Lipinski definition) is 1. The zero-order chi connectivity index (χ0) is 17.2. The Morgan fingerprint density at radius 2 is 1.79 bits per heavy atom. The summed E-state index contributed by atoms with van der Waals surface area (Å²) in [7, 11) is 0. The molecule has 5 nitrogen and oxygen atoms in total. The smallest absolute Gasteiger partial charge is 0.325 e. The third-order valence-corrected chi connectivity index (χ3v) is 3.35. The summed E-state index contributed by atoms with van der Waals surface area (Å²) >= 11 is 0. The lowest BCUT2D eigenvalue weighted by Crippen LogP contribution is -2.31. The van der Waals surface area contributed by atoms with Gasteiger partial charge in [-0.25, -0.2) is 0 Å². The van der Waals surface area contributed by atoms with Crippen molar-refractivity contribution in [3.8, 4) is 5.75 Å². The fourth-order valence-electron chi connectivity index (χ4n) is 2.07. The molecule has 0 saturated carbocycles. The molecule has 126 valence electrons. The van der Waals surface area contributed by atoms with Gasteiger partial charge in [-0.1, -0.05) is 37.3 Å². The van der Waals surface area contributed by atoms with Crippen LogP contribution in [0.2, 0.25) is 0 Å². The molecule has 0 fully saturated rings. The van der Waals surface area contributed by atoms with Crippen LogP contribution in [0.4, 0.5) is 0 Å². The number of carbonyl (C=O) groups is 2. The van der Waals surface area contributed by atoms with E-state index < -0.39 is 5.97 Å². The fraction of sp³-hybridized carbons (Fsp3) is 0.263. The highest BCUT2D eigenvalue weighted by atomic mass is 16.6. The number of carbonyl (C=O) groups excluding carboxylic acids is 2. The second-order valence-corrected chi connectivity index (χ2v) is 5.12. The van der Waals surface area contributed by atoms with Crippen LogP contribution in [0.25, 0.3) is 0 Å². The van der Waals surface area contributed by atoms with E-state index in [-0.39, 0.29) is 25.7 Å². The number of benzene rings is 2. The first kappa shape index (κ1) is 17.5. The zero-order valence-electron chi connectivity index (χ0n) is 13.7. The molecule has 0 unspecified atom stereocenters. The molecule has 2 rings (SSSR count). The Kier molecular flexibility index (Phi) is 6.83. The molecular weight excluding hydrogens is 306 g/mol. The normalized spacial score (nSPS) is 10.0. The Bertz CT molecular complexity index is 670. The molecule has 2 aromatic rings. The molecule has 0 aliphatic rings. The Morgan fingerprint density at radius 1 is 1.00 bits per heavy atom. The van der Waals surface area contributed by atoms with E-state index in [1.807, 2.05) is 30.3 Å². The number of ether oxygens (including phenoxy) is 2. The summed E-state index contributed by atoms with van der Waals surface area (Å²) in [6, 6.07) is 16.5. The second kappa shape index (κ2) is 9.35. The highest BCUT2D eigenvalue weighted by molar-refractivity contribution is 5.95. The average Bonchev–Trinajstić information content (AvgIpc) is 2.64. The number of hydrogen-bond acceptors (Lipinski definition) is 4. The molecule has 5 heteroatoms. The van der Waals surface area contributed by atoms with Crippen LogP contribution in [0.3, 0.4) is 0 Å². The number of aryl methyl sites for hydroxylation is 1. The van der Waals surface area contributed by atoms with Crippen molar-refractivity contribution in [2.75, 3.05) is 19.8 Å². The average molecular weight is 327 g/mol. The van der Waals surface area contributed by atoms with E-state index in [1.165, 1.54) is 5.56 Å². The molecule has 0 aliphatic heterocycles. The van der Waals surface area contributed by atoms with Crippen LogP contribution < -0.4 is 10.1 Å².